The molecule has 0 saturated carbocycles. The molecule has 0 aliphatic heterocycles. The van der Waals surface area contributed by atoms with Crippen molar-refractivity contribution in [3.63, 3.8) is 0 Å². The maximum atomic E-state index is 12.7. The summed E-state index contributed by atoms with van der Waals surface area (Å²) in [6.07, 6.45) is 2.33. The fourth-order valence-corrected chi connectivity index (χ4v) is 1.79. The summed E-state index contributed by atoms with van der Waals surface area (Å²) < 4.78 is 12.7. The number of halogens is 1. The van der Waals surface area contributed by atoms with Gasteiger partial charge < -0.3 is 5.32 Å². The molecule has 4 heteroatoms. The second-order valence-electron chi connectivity index (χ2n) is 4.27. The van der Waals surface area contributed by atoms with E-state index in [0.717, 1.165) is 5.56 Å². The van der Waals surface area contributed by atoms with Crippen LogP contribution in [0.4, 0.5) is 4.39 Å². The molecule has 1 N–H and O–H groups in total. The summed E-state index contributed by atoms with van der Waals surface area (Å²) in [5.41, 5.74) is 2.29. The zero-order valence-corrected chi connectivity index (χ0v) is 10.7. The largest absolute Gasteiger partial charge is 0.352 e. The number of benzene rings is 1. The topological polar surface area (TPSA) is 42.0 Å². The molecule has 1 heterocycles. The summed E-state index contributed by atoms with van der Waals surface area (Å²) in [4.78, 5) is 16.0. The number of nitrogens with zero attached hydrogens (tertiary/aromatic N) is 1. The Morgan fingerprint density at radius 1 is 1.26 bits per heavy atom. The molecular weight excluding hydrogens is 243 g/mol. The Labute approximate surface area is 111 Å². The van der Waals surface area contributed by atoms with Crippen molar-refractivity contribution in [2.75, 3.05) is 6.54 Å². The Morgan fingerprint density at radius 3 is 2.68 bits per heavy atom. The lowest BCUT2D eigenvalue weighted by Gasteiger charge is -2.07. The Balaban J connectivity index is 1.88. The first kappa shape index (κ1) is 13.2. The summed E-state index contributed by atoms with van der Waals surface area (Å²) in [6.45, 7) is 2.31. The summed E-state index contributed by atoms with van der Waals surface area (Å²) >= 11 is 0. The normalized spacial score (nSPS) is 10.2. The molecule has 1 aromatic carbocycles. The molecule has 1 amide bonds. The molecule has 0 aliphatic rings. The van der Waals surface area contributed by atoms with Gasteiger partial charge in [0.15, 0.2) is 0 Å². The van der Waals surface area contributed by atoms with Crippen molar-refractivity contribution in [1.82, 2.24) is 10.3 Å². The number of rotatable bonds is 4. The zero-order valence-electron chi connectivity index (χ0n) is 10.7. The van der Waals surface area contributed by atoms with E-state index in [1.54, 1.807) is 37.4 Å². The SMILES string of the molecule is Cc1ncccc1C(=O)NCCc1ccc(F)cc1. The molecule has 0 unspecified atom stereocenters. The average molecular weight is 258 g/mol. The number of carbonyl (C=O) groups excluding carboxylic acids is 1. The highest BCUT2D eigenvalue weighted by molar-refractivity contribution is 5.95. The van der Waals surface area contributed by atoms with Gasteiger partial charge >= 0.3 is 0 Å². The van der Waals surface area contributed by atoms with Gasteiger partial charge in [-0.2, -0.15) is 0 Å². The molecule has 1 aromatic heterocycles. The molecule has 0 aliphatic carbocycles. The third kappa shape index (κ3) is 3.61. The molecule has 98 valence electrons. The smallest absolute Gasteiger partial charge is 0.253 e. The lowest BCUT2D eigenvalue weighted by Crippen LogP contribution is -2.26. The highest BCUT2D eigenvalue weighted by Gasteiger charge is 2.07. The second-order valence-corrected chi connectivity index (χ2v) is 4.27. The summed E-state index contributed by atoms with van der Waals surface area (Å²) in [5, 5.41) is 2.83. The number of aromatic nitrogens is 1. The molecule has 0 spiro atoms. The van der Waals surface area contributed by atoms with Crippen LogP contribution in [0.25, 0.3) is 0 Å². The van der Waals surface area contributed by atoms with Crippen LogP contribution in [-0.4, -0.2) is 17.4 Å². The Kier molecular flexibility index (Phi) is 4.23. The maximum absolute atomic E-state index is 12.7. The molecule has 0 radical (unpaired) electrons. The summed E-state index contributed by atoms with van der Waals surface area (Å²) in [5.74, 6) is -0.383. The van der Waals surface area contributed by atoms with Crippen molar-refractivity contribution in [1.29, 1.82) is 0 Å². The van der Waals surface area contributed by atoms with E-state index in [-0.39, 0.29) is 11.7 Å². The number of nitrogens with one attached hydrogen (secondary N) is 1. The lowest BCUT2D eigenvalue weighted by atomic mass is 10.1. The van der Waals surface area contributed by atoms with E-state index in [0.29, 0.717) is 24.2 Å². The van der Waals surface area contributed by atoms with E-state index in [9.17, 15) is 9.18 Å². The van der Waals surface area contributed by atoms with Crippen LogP contribution in [0, 0.1) is 12.7 Å². The van der Waals surface area contributed by atoms with E-state index >= 15 is 0 Å². The van der Waals surface area contributed by atoms with Crippen LogP contribution in [0.3, 0.4) is 0 Å². The van der Waals surface area contributed by atoms with E-state index in [2.05, 4.69) is 10.3 Å². The number of hydrogen-bond donors (Lipinski definition) is 1. The van der Waals surface area contributed by atoms with Crippen LogP contribution in [0.1, 0.15) is 21.6 Å². The number of amides is 1. The highest BCUT2D eigenvalue weighted by Crippen LogP contribution is 2.05. The van der Waals surface area contributed by atoms with Crippen LogP contribution in [0.15, 0.2) is 42.6 Å². The van der Waals surface area contributed by atoms with Gasteiger partial charge in [0.2, 0.25) is 0 Å². The van der Waals surface area contributed by atoms with Crippen molar-refractivity contribution in [2.45, 2.75) is 13.3 Å². The van der Waals surface area contributed by atoms with Gasteiger partial charge in [0.1, 0.15) is 5.82 Å². The number of carbonyl (C=O) groups is 1. The molecule has 2 aromatic rings. The van der Waals surface area contributed by atoms with Gasteiger partial charge in [-0.15, -0.1) is 0 Å². The first-order valence-electron chi connectivity index (χ1n) is 6.11. The van der Waals surface area contributed by atoms with Crippen LogP contribution in [-0.2, 0) is 6.42 Å². The van der Waals surface area contributed by atoms with E-state index in [4.69, 9.17) is 0 Å². The highest BCUT2D eigenvalue weighted by atomic mass is 19.1. The van der Waals surface area contributed by atoms with Crippen molar-refractivity contribution >= 4 is 5.91 Å². The van der Waals surface area contributed by atoms with Crippen LogP contribution in [0.2, 0.25) is 0 Å². The quantitative estimate of drug-likeness (QED) is 0.915. The van der Waals surface area contributed by atoms with Crippen molar-refractivity contribution in [2.24, 2.45) is 0 Å². The predicted molar refractivity (Wildman–Crippen MR) is 71.4 cm³/mol. The predicted octanol–water partition coefficient (Wildman–Crippen LogP) is 2.50. The minimum Gasteiger partial charge on any atom is -0.352 e. The van der Waals surface area contributed by atoms with Crippen LogP contribution >= 0.6 is 0 Å². The number of aryl methyl sites for hydroxylation is 1. The first-order valence-corrected chi connectivity index (χ1v) is 6.11. The fourth-order valence-electron chi connectivity index (χ4n) is 1.79. The average Bonchev–Trinajstić information content (AvgIpc) is 2.41. The van der Waals surface area contributed by atoms with Crippen molar-refractivity contribution in [3.8, 4) is 0 Å². The monoisotopic (exact) mass is 258 g/mol. The van der Waals surface area contributed by atoms with Crippen molar-refractivity contribution < 1.29 is 9.18 Å². The second kappa shape index (κ2) is 6.09. The van der Waals surface area contributed by atoms with E-state index < -0.39 is 0 Å². The zero-order chi connectivity index (χ0) is 13.7. The third-order valence-electron chi connectivity index (χ3n) is 2.86. The van der Waals surface area contributed by atoms with Gasteiger partial charge in [-0.1, -0.05) is 12.1 Å². The number of hydrogen-bond acceptors (Lipinski definition) is 2. The standard InChI is InChI=1S/C15H15FN2O/c1-11-14(3-2-9-17-11)15(19)18-10-8-12-4-6-13(16)7-5-12/h2-7,9H,8,10H2,1H3,(H,18,19). The molecule has 19 heavy (non-hydrogen) atoms. The van der Waals surface area contributed by atoms with Gasteiger partial charge in [-0.3, -0.25) is 9.78 Å². The summed E-state index contributed by atoms with van der Waals surface area (Å²) in [6, 6.07) is 9.76. The van der Waals surface area contributed by atoms with Crippen LogP contribution < -0.4 is 5.32 Å². The Hall–Kier alpha value is -2.23. The molecule has 3 nitrogen and oxygen atoms in total. The minimum absolute atomic E-state index is 0.132. The van der Waals surface area contributed by atoms with Gasteiger partial charge in [0, 0.05) is 18.4 Å². The molecule has 0 bridgehead atoms. The molecule has 0 saturated heterocycles. The number of pyridine rings is 1. The van der Waals surface area contributed by atoms with Gasteiger partial charge in [-0.05, 0) is 43.2 Å². The third-order valence-corrected chi connectivity index (χ3v) is 2.86. The maximum Gasteiger partial charge on any atom is 0.253 e. The van der Waals surface area contributed by atoms with E-state index in [1.165, 1.54) is 12.1 Å². The molecule has 2 rings (SSSR count). The first-order chi connectivity index (χ1) is 9.16. The molecule has 0 atom stereocenters. The van der Waals surface area contributed by atoms with E-state index in [1.807, 2.05) is 0 Å². The Morgan fingerprint density at radius 2 is 2.00 bits per heavy atom. The van der Waals surface area contributed by atoms with Crippen LogP contribution in [0.5, 0.6) is 0 Å². The minimum atomic E-state index is -0.251. The fraction of sp³-hybridized carbons (Fsp3) is 0.200. The van der Waals surface area contributed by atoms with Crippen molar-refractivity contribution in [3.05, 3.63) is 65.2 Å². The van der Waals surface area contributed by atoms with Gasteiger partial charge in [-0.25, -0.2) is 4.39 Å². The van der Waals surface area contributed by atoms with Gasteiger partial charge in [0.25, 0.3) is 5.91 Å². The summed E-state index contributed by atoms with van der Waals surface area (Å²) in [7, 11) is 0. The van der Waals surface area contributed by atoms with Gasteiger partial charge in [0.05, 0.1) is 5.56 Å². The molecule has 0 fully saturated rings. The Bertz CT molecular complexity index is 567. The molecular formula is C15H15FN2O. The lowest BCUT2D eigenvalue weighted by molar-refractivity contribution is 0.0953.